The van der Waals surface area contributed by atoms with Gasteiger partial charge >= 0.3 is 0 Å². The van der Waals surface area contributed by atoms with Crippen molar-refractivity contribution >= 4 is 17.3 Å². The van der Waals surface area contributed by atoms with Gasteiger partial charge in [-0.15, -0.1) is 0 Å². The Morgan fingerprint density at radius 3 is 2.32 bits per heavy atom. The first-order chi connectivity index (χ1) is 10.3. The van der Waals surface area contributed by atoms with Gasteiger partial charge in [-0.05, 0) is 12.2 Å². The third-order valence-corrected chi connectivity index (χ3v) is 3.45. The lowest BCUT2D eigenvalue weighted by Crippen LogP contribution is -2.29. The van der Waals surface area contributed by atoms with Crippen LogP contribution in [0.25, 0.3) is 5.70 Å². The Morgan fingerprint density at radius 1 is 1.23 bits per heavy atom. The lowest BCUT2D eigenvalue weighted by molar-refractivity contribution is 0.123. The highest BCUT2D eigenvalue weighted by Crippen LogP contribution is 2.36. The van der Waals surface area contributed by atoms with Gasteiger partial charge in [0.25, 0.3) is 6.43 Å². The number of nitrogens with zero attached hydrogens (tertiary/aromatic N) is 1. The molecule has 2 nitrogen and oxygen atoms in total. The Balaban J connectivity index is 2.55. The fraction of sp³-hybridized carbons (Fsp3) is 0.200. The van der Waals surface area contributed by atoms with Gasteiger partial charge in [-0.3, -0.25) is 0 Å². The SMILES string of the molecule is C=C1C(Cl)=CC=C(c2c(F)cc(OC)cc2F)N1CC(F)F. The van der Waals surface area contributed by atoms with E-state index in [-0.39, 0.29) is 22.2 Å². The van der Waals surface area contributed by atoms with Crippen molar-refractivity contribution in [3.63, 3.8) is 0 Å². The average Bonchev–Trinajstić information content (AvgIpc) is 2.44. The summed E-state index contributed by atoms with van der Waals surface area (Å²) in [7, 11) is 1.27. The minimum Gasteiger partial charge on any atom is -0.497 e. The third kappa shape index (κ3) is 3.11. The summed E-state index contributed by atoms with van der Waals surface area (Å²) in [5.41, 5.74) is -0.468. The molecule has 2 rings (SSSR count). The molecule has 0 unspecified atom stereocenters. The maximum atomic E-state index is 14.2. The van der Waals surface area contributed by atoms with E-state index in [1.54, 1.807) is 0 Å². The van der Waals surface area contributed by atoms with Crippen LogP contribution < -0.4 is 4.74 Å². The van der Waals surface area contributed by atoms with Gasteiger partial charge in [-0.2, -0.15) is 0 Å². The van der Waals surface area contributed by atoms with Gasteiger partial charge in [0.2, 0.25) is 0 Å². The number of ether oxygens (including phenoxy) is 1. The number of methoxy groups -OCH3 is 1. The summed E-state index contributed by atoms with van der Waals surface area (Å²) in [6.07, 6.45) is -0.107. The van der Waals surface area contributed by atoms with Gasteiger partial charge in [0.15, 0.2) is 0 Å². The van der Waals surface area contributed by atoms with E-state index in [2.05, 4.69) is 6.58 Å². The molecule has 0 spiro atoms. The first-order valence-corrected chi connectivity index (χ1v) is 6.58. The molecule has 22 heavy (non-hydrogen) atoms. The van der Waals surface area contributed by atoms with Crippen LogP contribution in [0.2, 0.25) is 0 Å². The topological polar surface area (TPSA) is 12.5 Å². The van der Waals surface area contributed by atoms with Crippen molar-refractivity contribution in [3.8, 4) is 5.75 Å². The Morgan fingerprint density at radius 2 is 1.82 bits per heavy atom. The van der Waals surface area contributed by atoms with Crippen molar-refractivity contribution in [2.75, 3.05) is 13.7 Å². The fourth-order valence-electron chi connectivity index (χ4n) is 2.09. The van der Waals surface area contributed by atoms with E-state index in [0.29, 0.717) is 0 Å². The molecule has 1 heterocycles. The second kappa shape index (κ2) is 6.44. The van der Waals surface area contributed by atoms with Crippen LogP contribution in [0.5, 0.6) is 5.75 Å². The number of rotatable bonds is 4. The van der Waals surface area contributed by atoms with Crippen LogP contribution in [0.3, 0.4) is 0 Å². The quantitative estimate of drug-likeness (QED) is 0.751. The lowest BCUT2D eigenvalue weighted by Gasteiger charge is -2.31. The zero-order chi connectivity index (χ0) is 16.4. The minimum atomic E-state index is -2.73. The molecule has 0 saturated heterocycles. The minimum absolute atomic E-state index is 0.0111. The van der Waals surface area contributed by atoms with E-state index in [4.69, 9.17) is 16.3 Å². The lowest BCUT2D eigenvalue weighted by atomic mass is 10.0. The number of halogens is 5. The number of benzene rings is 1. The summed E-state index contributed by atoms with van der Waals surface area (Å²) >= 11 is 5.85. The van der Waals surface area contributed by atoms with Gasteiger partial charge in [0.05, 0.1) is 35.6 Å². The van der Waals surface area contributed by atoms with Crippen LogP contribution in [0, 0.1) is 11.6 Å². The molecule has 0 bridgehead atoms. The third-order valence-electron chi connectivity index (χ3n) is 3.11. The van der Waals surface area contributed by atoms with Crippen molar-refractivity contribution in [1.29, 1.82) is 0 Å². The zero-order valence-electron chi connectivity index (χ0n) is 11.5. The molecule has 7 heteroatoms. The van der Waals surface area contributed by atoms with Gasteiger partial charge in [-0.1, -0.05) is 18.2 Å². The highest BCUT2D eigenvalue weighted by atomic mass is 35.5. The first-order valence-electron chi connectivity index (χ1n) is 6.21. The van der Waals surface area contributed by atoms with E-state index in [0.717, 1.165) is 17.0 Å². The van der Waals surface area contributed by atoms with Crippen LogP contribution in [-0.2, 0) is 0 Å². The molecule has 0 aliphatic carbocycles. The first kappa shape index (κ1) is 16.4. The van der Waals surface area contributed by atoms with Crippen LogP contribution in [0.15, 0.2) is 41.6 Å². The summed E-state index contributed by atoms with van der Waals surface area (Å²) in [4.78, 5) is 0.987. The van der Waals surface area contributed by atoms with Crippen LogP contribution >= 0.6 is 11.6 Å². The van der Waals surface area contributed by atoms with Gasteiger partial charge in [0.1, 0.15) is 17.4 Å². The van der Waals surface area contributed by atoms with Crippen LogP contribution in [0.4, 0.5) is 17.6 Å². The standard InChI is InChI=1S/C15H12ClF4NO/c1-8-10(16)3-4-13(21(8)7-14(19)20)15-11(17)5-9(22-2)6-12(15)18/h3-6,14H,1,7H2,2H3. The van der Waals surface area contributed by atoms with E-state index in [1.807, 2.05) is 0 Å². The van der Waals surface area contributed by atoms with E-state index < -0.39 is 30.2 Å². The van der Waals surface area contributed by atoms with Crippen LogP contribution in [0.1, 0.15) is 5.56 Å². The van der Waals surface area contributed by atoms with Crippen molar-refractivity contribution in [3.05, 3.63) is 58.8 Å². The Kier molecular flexibility index (Phi) is 4.81. The Hall–Kier alpha value is -1.95. The monoisotopic (exact) mass is 333 g/mol. The second-order valence-electron chi connectivity index (χ2n) is 4.48. The largest absolute Gasteiger partial charge is 0.497 e. The fourth-order valence-corrected chi connectivity index (χ4v) is 2.25. The van der Waals surface area contributed by atoms with Crippen molar-refractivity contribution in [1.82, 2.24) is 4.90 Å². The molecular formula is C15H12ClF4NO. The highest BCUT2D eigenvalue weighted by molar-refractivity contribution is 6.32. The van der Waals surface area contributed by atoms with Crippen molar-refractivity contribution in [2.45, 2.75) is 6.43 Å². The molecule has 0 aromatic heterocycles. The zero-order valence-corrected chi connectivity index (χ0v) is 12.3. The summed E-state index contributed by atoms with van der Waals surface area (Å²) < 4.78 is 58.6. The number of hydrogen-bond donors (Lipinski definition) is 0. The smallest absolute Gasteiger partial charge is 0.256 e. The summed E-state index contributed by atoms with van der Waals surface area (Å²) in [6, 6.07) is 1.95. The number of hydrogen-bond acceptors (Lipinski definition) is 2. The molecule has 0 amide bonds. The maximum absolute atomic E-state index is 14.2. The van der Waals surface area contributed by atoms with E-state index >= 15 is 0 Å². The maximum Gasteiger partial charge on any atom is 0.256 e. The molecule has 0 fully saturated rings. The second-order valence-corrected chi connectivity index (χ2v) is 4.89. The Labute approximate surface area is 129 Å². The molecule has 1 aliphatic heterocycles. The molecule has 1 aromatic rings. The molecule has 0 saturated carbocycles. The predicted octanol–water partition coefficient (Wildman–Crippen LogP) is 4.53. The van der Waals surface area contributed by atoms with Crippen molar-refractivity contribution in [2.24, 2.45) is 0 Å². The van der Waals surface area contributed by atoms with E-state index in [9.17, 15) is 17.6 Å². The predicted molar refractivity (Wildman–Crippen MR) is 76.7 cm³/mol. The molecule has 1 aliphatic rings. The van der Waals surface area contributed by atoms with E-state index in [1.165, 1.54) is 19.3 Å². The van der Waals surface area contributed by atoms with Crippen LogP contribution in [-0.4, -0.2) is 25.0 Å². The molecule has 0 N–H and O–H groups in total. The number of alkyl halides is 2. The molecule has 0 atom stereocenters. The van der Waals surface area contributed by atoms with Gasteiger partial charge < -0.3 is 9.64 Å². The molecule has 1 aromatic carbocycles. The van der Waals surface area contributed by atoms with Gasteiger partial charge in [-0.25, -0.2) is 17.6 Å². The summed E-state index contributed by atoms with van der Waals surface area (Å²) in [5.74, 6) is -1.87. The normalized spacial score (nSPS) is 15.0. The van der Waals surface area contributed by atoms with Gasteiger partial charge in [0, 0.05) is 12.1 Å². The summed E-state index contributed by atoms with van der Waals surface area (Å²) in [5, 5.41) is 0.124. The number of allylic oxidation sites excluding steroid dienone is 3. The molecule has 118 valence electrons. The van der Waals surface area contributed by atoms with Crippen molar-refractivity contribution < 1.29 is 22.3 Å². The molecule has 0 radical (unpaired) electrons. The molecular weight excluding hydrogens is 322 g/mol. The summed E-state index contributed by atoms with van der Waals surface area (Å²) in [6.45, 7) is 2.80. The highest BCUT2D eigenvalue weighted by Gasteiger charge is 2.27. The Bertz CT molecular complexity index is 647. The average molecular weight is 334 g/mol.